The Kier molecular flexibility index (Phi) is 11.4. The number of rotatable bonds is 9. The van der Waals surface area contributed by atoms with E-state index in [2.05, 4.69) is 35.6 Å². The standard InChI is InChI=1S/C23H28ClN3O.C6H13NO3S/c1-5-27(6-2)15-14-25(3)23(28)22-19-13-12-18(24)16-20(19)21(26(22)4)17-10-8-7-9-11-17;8-11(9,10)7-6-4-2-1-3-5-6/h7-13,16H,5-6,14-15H2,1-4H3;6-7H,1-5H2,(H,8,9,10). The maximum absolute atomic E-state index is 13.4. The Hall–Kier alpha value is -2.43. The minimum Gasteiger partial charge on any atom is -0.339 e. The summed E-state index contributed by atoms with van der Waals surface area (Å²) in [5.74, 6) is 0.0316. The van der Waals surface area contributed by atoms with E-state index in [0.717, 1.165) is 67.3 Å². The Morgan fingerprint density at radius 3 is 2.26 bits per heavy atom. The van der Waals surface area contributed by atoms with Crippen molar-refractivity contribution in [2.24, 2.45) is 7.05 Å². The third kappa shape index (κ3) is 8.53. The average molecular weight is 577 g/mol. The zero-order valence-corrected chi connectivity index (χ0v) is 24.9. The molecular formula is C29H41ClN4O4S. The first-order valence-electron chi connectivity index (χ1n) is 13.6. The van der Waals surface area contributed by atoms with Gasteiger partial charge < -0.3 is 14.4 Å². The van der Waals surface area contributed by atoms with Crippen LogP contribution in [0.2, 0.25) is 5.02 Å². The molecule has 1 aliphatic rings. The Balaban J connectivity index is 0.000000320. The normalized spacial score (nSPS) is 14.3. The largest absolute Gasteiger partial charge is 0.339 e. The van der Waals surface area contributed by atoms with Crippen LogP contribution in [0, 0.1) is 0 Å². The predicted molar refractivity (Wildman–Crippen MR) is 160 cm³/mol. The lowest BCUT2D eigenvalue weighted by Gasteiger charge is -2.23. The Morgan fingerprint density at radius 2 is 1.67 bits per heavy atom. The number of aromatic nitrogens is 1. The molecule has 0 saturated heterocycles. The summed E-state index contributed by atoms with van der Waals surface area (Å²) in [5, 5.41) is 2.61. The van der Waals surface area contributed by atoms with E-state index in [1.165, 1.54) is 6.42 Å². The summed E-state index contributed by atoms with van der Waals surface area (Å²) in [6.45, 7) is 7.83. The van der Waals surface area contributed by atoms with Crippen LogP contribution in [0.3, 0.4) is 0 Å². The second-order valence-electron chi connectivity index (χ2n) is 9.99. The summed E-state index contributed by atoms with van der Waals surface area (Å²) in [6, 6.07) is 15.9. The van der Waals surface area contributed by atoms with Gasteiger partial charge in [0.15, 0.2) is 0 Å². The molecule has 8 nitrogen and oxygen atoms in total. The lowest BCUT2D eigenvalue weighted by atomic mass is 9.96. The number of nitrogens with one attached hydrogen (secondary N) is 1. The van der Waals surface area contributed by atoms with Crippen molar-refractivity contribution in [2.75, 3.05) is 33.2 Å². The zero-order valence-electron chi connectivity index (χ0n) is 23.4. The fourth-order valence-corrected chi connectivity index (χ4v) is 5.97. The second-order valence-corrected chi connectivity index (χ2v) is 11.6. The van der Waals surface area contributed by atoms with E-state index in [1.807, 2.05) is 60.0 Å². The topological polar surface area (TPSA) is 94.9 Å². The fourth-order valence-electron chi connectivity index (χ4n) is 5.14. The van der Waals surface area contributed by atoms with Crippen LogP contribution in [-0.2, 0) is 17.4 Å². The third-order valence-corrected chi connectivity index (χ3v) is 8.19. The molecule has 0 atom stereocenters. The lowest BCUT2D eigenvalue weighted by Crippen LogP contribution is -2.37. The van der Waals surface area contributed by atoms with Gasteiger partial charge in [0.2, 0.25) is 0 Å². The van der Waals surface area contributed by atoms with E-state index in [4.69, 9.17) is 16.2 Å². The third-order valence-electron chi connectivity index (χ3n) is 7.33. The van der Waals surface area contributed by atoms with E-state index in [-0.39, 0.29) is 11.9 Å². The SMILES string of the molecule is CCN(CC)CCN(C)C(=O)c1c2ccc(Cl)cc2c(-c2ccccc2)n1C.O=S(=O)(O)NC1CCCCC1. The number of carbonyl (C=O) groups is 1. The quantitative estimate of drug-likeness (QED) is 0.322. The van der Waals surface area contributed by atoms with E-state index >= 15 is 0 Å². The van der Waals surface area contributed by atoms with Gasteiger partial charge in [-0.1, -0.05) is 81.1 Å². The molecule has 1 heterocycles. The molecule has 0 radical (unpaired) electrons. The van der Waals surface area contributed by atoms with Gasteiger partial charge in [-0.05, 0) is 43.6 Å². The first-order chi connectivity index (χ1) is 18.6. The molecule has 10 heteroatoms. The average Bonchev–Trinajstić information content (AvgIpc) is 3.19. The predicted octanol–water partition coefficient (Wildman–Crippen LogP) is 5.62. The van der Waals surface area contributed by atoms with Gasteiger partial charge in [0.1, 0.15) is 5.69 Å². The Morgan fingerprint density at radius 1 is 1.03 bits per heavy atom. The number of nitrogens with zero attached hydrogens (tertiary/aromatic N) is 3. The van der Waals surface area contributed by atoms with Crippen LogP contribution in [-0.4, -0.2) is 72.5 Å². The molecule has 1 amide bonds. The number of amides is 1. The van der Waals surface area contributed by atoms with Crippen molar-refractivity contribution in [2.45, 2.75) is 52.0 Å². The van der Waals surface area contributed by atoms with Gasteiger partial charge in [-0.2, -0.15) is 13.1 Å². The van der Waals surface area contributed by atoms with Crippen LogP contribution in [0.5, 0.6) is 0 Å². The van der Waals surface area contributed by atoms with Gasteiger partial charge in [-0.3, -0.25) is 9.35 Å². The molecule has 1 fully saturated rings. The van der Waals surface area contributed by atoms with Crippen LogP contribution < -0.4 is 4.72 Å². The number of carbonyl (C=O) groups excluding carboxylic acids is 1. The Labute approximate surface area is 237 Å². The van der Waals surface area contributed by atoms with Crippen molar-refractivity contribution in [1.82, 2.24) is 19.1 Å². The molecule has 0 aliphatic heterocycles. The highest BCUT2D eigenvalue weighted by Crippen LogP contribution is 2.35. The molecule has 2 N–H and O–H groups in total. The van der Waals surface area contributed by atoms with Crippen molar-refractivity contribution in [3.8, 4) is 11.3 Å². The highest BCUT2D eigenvalue weighted by atomic mass is 35.5. The maximum atomic E-state index is 13.4. The lowest BCUT2D eigenvalue weighted by molar-refractivity contribution is 0.0772. The summed E-state index contributed by atoms with van der Waals surface area (Å²) >= 11 is 6.29. The van der Waals surface area contributed by atoms with Crippen LogP contribution in [0.15, 0.2) is 48.5 Å². The van der Waals surface area contributed by atoms with Gasteiger partial charge in [0.05, 0.1) is 5.69 Å². The number of benzene rings is 2. The monoisotopic (exact) mass is 576 g/mol. The van der Waals surface area contributed by atoms with E-state index in [1.54, 1.807) is 0 Å². The number of hydrogen-bond donors (Lipinski definition) is 2. The van der Waals surface area contributed by atoms with Crippen molar-refractivity contribution in [1.29, 1.82) is 0 Å². The first-order valence-corrected chi connectivity index (χ1v) is 15.4. The van der Waals surface area contributed by atoms with Gasteiger partial charge >= 0.3 is 10.3 Å². The van der Waals surface area contributed by atoms with Crippen LogP contribution in [0.1, 0.15) is 56.4 Å². The molecule has 1 aliphatic carbocycles. The molecule has 0 bridgehead atoms. The minimum absolute atomic E-state index is 0.0316. The van der Waals surface area contributed by atoms with Gasteiger partial charge in [-0.15, -0.1) is 0 Å². The highest BCUT2D eigenvalue weighted by Gasteiger charge is 2.24. The molecule has 0 spiro atoms. The molecule has 2 aromatic carbocycles. The number of fused-ring (bicyclic) bond motifs is 1. The molecule has 214 valence electrons. The van der Waals surface area contributed by atoms with Crippen LogP contribution in [0.25, 0.3) is 22.0 Å². The van der Waals surface area contributed by atoms with E-state index in [0.29, 0.717) is 17.3 Å². The van der Waals surface area contributed by atoms with Crippen molar-refractivity contribution < 1.29 is 17.8 Å². The minimum atomic E-state index is -3.97. The van der Waals surface area contributed by atoms with Gasteiger partial charge in [0, 0.05) is 49.0 Å². The maximum Gasteiger partial charge on any atom is 0.333 e. The summed E-state index contributed by atoms with van der Waals surface area (Å²) in [6.07, 6.45) is 4.96. The molecule has 0 unspecified atom stereocenters. The number of halogens is 1. The summed E-state index contributed by atoms with van der Waals surface area (Å²) in [7, 11) is -0.136. The molecule has 3 aromatic rings. The summed E-state index contributed by atoms with van der Waals surface area (Å²) in [4.78, 5) is 17.5. The zero-order chi connectivity index (χ0) is 28.6. The van der Waals surface area contributed by atoms with Crippen molar-refractivity contribution in [3.63, 3.8) is 0 Å². The smallest absolute Gasteiger partial charge is 0.333 e. The number of likely N-dealkylation sites (N-methyl/N-ethyl adjacent to an activating group) is 2. The van der Waals surface area contributed by atoms with Gasteiger partial charge in [0.25, 0.3) is 5.91 Å². The molecule has 39 heavy (non-hydrogen) atoms. The first kappa shape index (κ1) is 31.1. The molecular weight excluding hydrogens is 536 g/mol. The van der Waals surface area contributed by atoms with Gasteiger partial charge in [-0.25, -0.2) is 0 Å². The van der Waals surface area contributed by atoms with E-state index in [9.17, 15) is 13.2 Å². The van der Waals surface area contributed by atoms with Crippen molar-refractivity contribution in [3.05, 3.63) is 59.2 Å². The Bertz CT molecular complexity index is 1330. The molecule has 1 saturated carbocycles. The van der Waals surface area contributed by atoms with E-state index < -0.39 is 10.3 Å². The highest BCUT2D eigenvalue weighted by molar-refractivity contribution is 7.83. The summed E-state index contributed by atoms with van der Waals surface area (Å²) in [5.41, 5.74) is 2.79. The molecule has 1 aromatic heterocycles. The van der Waals surface area contributed by atoms with Crippen molar-refractivity contribution >= 4 is 38.6 Å². The fraction of sp³-hybridized carbons (Fsp3) is 0.483. The number of hydrogen-bond acceptors (Lipinski definition) is 4. The second kappa shape index (κ2) is 14.3. The van der Waals surface area contributed by atoms with Crippen LogP contribution >= 0.6 is 11.6 Å². The molecule has 4 rings (SSSR count). The van der Waals surface area contributed by atoms with Crippen LogP contribution in [0.4, 0.5) is 0 Å². The summed E-state index contributed by atoms with van der Waals surface area (Å²) < 4.78 is 33.3.